The average Bonchev–Trinajstić information content (AvgIpc) is 2.94. The Balaban J connectivity index is 2.30. The van der Waals surface area contributed by atoms with Gasteiger partial charge in [0.1, 0.15) is 17.6 Å². The second kappa shape index (κ2) is 14.0. The zero-order valence-electron chi connectivity index (χ0n) is 28.5. The molecular weight excluding hydrogens is 540 g/mol. The quantitative estimate of drug-likeness (QED) is 0.114. The van der Waals surface area contributed by atoms with Crippen LogP contribution < -0.4 is 0 Å². The third kappa shape index (κ3) is 6.73. The summed E-state index contributed by atoms with van der Waals surface area (Å²) >= 11 is 0. The number of esters is 1. The van der Waals surface area contributed by atoms with Crippen molar-refractivity contribution in [3.63, 3.8) is 0 Å². The van der Waals surface area contributed by atoms with Crippen molar-refractivity contribution in [3.8, 4) is 0 Å². The van der Waals surface area contributed by atoms with E-state index in [1.165, 1.54) is 7.11 Å². The van der Waals surface area contributed by atoms with Crippen LogP contribution in [0.3, 0.4) is 0 Å². The van der Waals surface area contributed by atoms with E-state index in [2.05, 4.69) is 40.3 Å². The average molecular weight is 597 g/mol. The van der Waals surface area contributed by atoms with Gasteiger partial charge in [0.05, 0.1) is 37.5 Å². The van der Waals surface area contributed by atoms with E-state index in [0.717, 1.165) is 43.3 Å². The van der Waals surface area contributed by atoms with Crippen molar-refractivity contribution in [2.24, 2.45) is 34.5 Å². The van der Waals surface area contributed by atoms with Gasteiger partial charge in [-0.15, -0.1) is 0 Å². The van der Waals surface area contributed by atoms with Crippen molar-refractivity contribution in [1.29, 1.82) is 0 Å². The Morgan fingerprint density at radius 1 is 1.12 bits per heavy atom. The molecule has 0 spiro atoms. The summed E-state index contributed by atoms with van der Waals surface area (Å²) in [5.41, 5.74) is 1.97. The molecule has 6 atom stereocenters. The van der Waals surface area contributed by atoms with Crippen molar-refractivity contribution < 1.29 is 28.6 Å². The number of Topliss-reactive ketones (excluding diaryl/α,β-unsaturated/α-hetero) is 2. The van der Waals surface area contributed by atoms with E-state index in [-0.39, 0.29) is 35.3 Å². The van der Waals surface area contributed by atoms with Crippen LogP contribution in [0.25, 0.3) is 0 Å². The molecule has 3 rings (SSSR count). The van der Waals surface area contributed by atoms with E-state index < -0.39 is 23.4 Å². The number of methoxy groups -OCH3 is 2. The number of hydrogen-bond donors (Lipinski definition) is 0. The summed E-state index contributed by atoms with van der Waals surface area (Å²) in [6.07, 6.45) is 8.34. The SMILES string of the molecule is C=C(C)C1CC(CC2(CC=C(C)C)C(=O)C(C(CCCCCC)CC(=O)OC)=C3OC(C)C(C)C(=O)C3=C2OC)C1(C)C. The smallest absolute Gasteiger partial charge is 0.306 e. The van der Waals surface area contributed by atoms with Crippen LogP contribution >= 0.6 is 0 Å². The minimum absolute atomic E-state index is 0.0573. The van der Waals surface area contributed by atoms with Gasteiger partial charge in [0.15, 0.2) is 11.6 Å². The Kier molecular flexibility index (Phi) is 11.3. The monoisotopic (exact) mass is 596 g/mol. The number of hydrogen-bond acceptors (Lipinski definition) is 6. The second-order valence-electron chi connectivity index (χ2n) is 14.2. The molecule has 0 radical (unpaired) electrons. The molecule has 0 aromatic rings. The van der Waals surface area contributed by atoms with Gasteiger partial charge in [-0.05, 0) is 70.6 Å². The van der Waals surface area contributed by atoms with E-state index in [0.29, 0.717) is 47.8 Å². The normalized spacial score (nSPS) is 28.9. The summed E-state index contributed by atoms with van der Waals surface area (Å²) < 4.78 is 17.8. The zero-order valence-corrected chi connectivity index (χ0v) is 28.5. The number of unbranched alkanes of at least 4 members (excludes halogenated alkanes) is 3. The molecular formula is C37H56O6. The van der Waals surface area contributed by atoms with E-state index >= 15 is 4.79 Å². The predicted molar refractivity (Wildman–Crippen MR) is 171 cm³/mol. The Labute approximate surface area is 260 Å². The number of carbonyl (C=O) groups is 3. The van der Waals surface area contributed by atoms with Crippen LogP contribution in [0.15, 0.2) is 46.5 Å². The lowest BCUT2D eigenvalue weighted by molar-refractivity contribution is -0.141. The van der Waals surface area contributed by atoms with Crippen LogP contribution in [0.4, 0.5) is 0 Å². The molecule has 0 aromatic heterocycles. The Bertz CT molecular complexity index is 1200. The number of ketones is 2. The molecule has 2 aliphatic carbocycles. The molecule has 1 heterocycles. The van der Waals surface area contributed by atoms with E-state index in [1.807, 2.05) is 27.7 Å². The van der Waals surface area contributed by atoms with Gasteiger partial charge in [-0.2, -0.15) is 0 Å². The molecule has 1 saturated heterocycles. The lowest BCUT2D eigenvalue weighted by Gasteiger charge is -2.56. The summed E-state index contributed by atoms with van der Waals surface area (Å²) in [4.78, 5) is 42.3. The number of ether oxygens (including phenoxy) is 3. The third-order valence-corrected chi connectivity index (χ3v) is 10.7. The van der Waals surface area contributed by atoms with E-state index in [1.54, 1.807) is 7.11 Å². The molecule has 6 heteroatoms. The molecule has 0 N–H and O–H groups in total. The summed E-state index contributed by atoms with van der Waals surface area (Å²) in [5.74, 6) is 0.0172. The summed E-state index contributed by atoms with van der Waals surface area (Å²) in [6.45, 7) is 20.8. The van der Waals surface area contributed by atoms with Gasteiger partial charge in [-0.25, -0.2) is 0 Å². The summed E-state index contributed by atoms with van der Waals surface area (Å²) in [7, 11) is 2.95. The molecule has 1 saturated carbocycles. The van der Waals surface area contributed by atoms with Gasteiger partial charge in [0.25, 0.3) is 0 Å². The Morgan fingerprint density at radius 2 is 1.79 bits per heavy atom. The van der Waals surface area contributed by atoms with E-state index in [9.17, 15) is 9.59 Å². The fourth-order valence-electron chi connectivity index (χ4n) is 7.59. The largest absolute Gasteiger partial charge is 0.499 e. The maximum Gasteiger partial charge on any atom is 0.306 e. The van der Waals surface area contributed by atoms with Crippen LogP contribution in [0.2, 0.25) is 0 Å². The standard InChI is InChI=1S/C37H56O6/c1-12-13-14-15-16-26(19-29(38)41-10)30-33-31(32(39)24(6)25(7)43-33)35(42-11)37(34(30)40,18-17-22(2)3)21-27-20-28(23(4)5)36(27,8)9/h17,24-28H,4,12-16,18-21H2,1-3,5-11H3. The van der Waals surface area contributed by atoms with Gasteiger partial charge < -0.3 is 14.2 Å². The third-order valence-electron chi connectivity index (χ3n) is 10.7. The number of fused-ring (bicyclic) bond motifs is 1. The van der Waals surface area contributed by atoms with E-state index in [4.69, 9.17) is 14.2 Å². The molecule has 6 unspecified atom stereocenters. The first-order valence-corrected chi connectivity index (χ1v) is 16.3. The molecule has 6 nitrogen and oxygen atoms in total. The van der Waals surface area contributed by atoms with Crippen molar-refractivity contribution in [1.82, 2.24) is 0 Å². The first kappa shape index (κ1) is 34.9. The first-order valence-electron chi connectivity index (χ1n) is 16.3. The van der Waals surface area contributed by atoms with Gasteiger partial charge in [0.2, 0.25) is 0 Å². The topological polar surface area (TPSA) is 78.9 Å². The van der Waals surface area contributed by atoms with Crippen LogP contribution in [0.5, 0.6) is 0 Å². The highest BCUT2D eigenvalue weighted by atomic mass is 16.5. The van der Waals surface area contributed by atoms with Crippen LogP contribution in [-0.2, 0) is 28.6 Å². The fourth-order valence-corrected chi connectivity index (χ4v) is 7.59. The minimum atomic E-state index is -1.08. The molecule has 0 amide bonds. The lowest BCUT2D eigenvalue weighted by atomic mass is 9.48. The molecule has 0 aromatic carbocycles. The Hall–Kier alpha value is -2.63. The van der Waals surface area contributed by atoms with Gasteiger partial charge >= 0.3 is 5.97 Å². The Morgan fingerprint density at radius 3 is 2.33 bits per heavy atom. The lowest BCUT2D eigenvalue weighted by Crippen LogP contribution is -2.52. The summed E-state index contributed by atoms with van der Waals surface area (Å²) in [6, 6.07) is 0. The van der Waals surface area contributed by atoms with Crippen LogP contribution in [-0.4, -0.2) is 37.9 Å². The second-order valence-corrected chi connectivity index (χ2v) is 14.2. The number of carbonyl (C=O) groups excluding carboxylic acids is 3. The van der Waals surface area contributed by atoms with Crippen LogP contribution in [0.1, 0.15) is 113 Å². The van der Waals surface area contributed by atoms with Crippen molar-refractivity contribution in [3.05, 3.63) is 46.5 Å². The molecule has 240 valence electrons. The predicted octanol–water partition coefficient (Wildman–Crippen LogP) is 8.47. The van der Waals surface area contributed by atoms with Crippen molar-refractivity contribution >= 4 is 17.5 Å². The maximum absolute atomic E-state index is 15.3. The van der Waals surface area contributed by atoms with Crippen molar-refractivity contribution in [2.75, 3.05) is 14.2 Å². The highest BCUT2D eigenvalue weighted by molar-refractivity contribution is 6.12. The highest BCUT2D eigenvalue weighted by Gasteiger charge is 2.59. The highest BCUT2D eigenvalue weighted by Crippen LogP contribution is 2.61. The maximum atomic E-state index is 15.3. The minimum Gasteiger partial charge on any atom is -0.499 e. The summed E-state index contributed by atoms with van der Waals surface area (Å²) in [5, 5.41) is 0. The van der Waals surface area contributed by atoms with Crippen LogP contribution in [0, 0.1) is 34.5 Å². The van der Waals surface area contributed by atoms with Crippen molar-refractivity contribution in [2.45, 2.75) is 119 Å². The number of allylic oxidation sites excluding steroid dienone is 6. The molecule has 3 aliphatic rings. The molecule has 43 heavy (non-hydrogen) atoms. The van der Waals surface area contributed by atoms with Gasteiger partial charge in [-0.3, -0.25) is 14.4 Å². The zero-order chi connectivity index (χ0) is 32.3. The fraction of sp³-hybridized carbons (Fsp3) is 0.703. The first-order chi connectivity index (χ1) is 20.2. The molecule has 1 aliphatic heterocycles. The molecule has 0 bridgehead atoms. The number of rotatable bonds is 14. The van der Waals surface area contributed by atoms with Gasteiger partial charge in [0, 0.05) is 11.5 Å². The molecule has 2 fully saturated rings. The van der Waals surface area contributed by atoms with Gasteiger partial charge in [-0.1, -0.05) is 77.2 Å².